The smallest absolute Gasteiger partial charge is 0.133 e. The van der Waals surface area contributed by atoms with Gasteiger partial charge in [0.15, 0.2) is 0 Å². The van der Waals surface area contributed by atoms with Crippen LogP contribution >= 0.6 is 0 Å². The lowest BCUT2D eigenvalue weighted by Crippen LogP contribution is -1.84. The Kier molecular flexibility index (Phi) is 1.25. The van der Waals surface area contributed by atoms with Crippen molar-refractivity contribution in [1.82, 2.24) is 0 Å². The first-order valence-corrected chi connectivity index (χ1v) is 3.71. The number of aryl methyl sites for hydroxylation is 1. The topological polar surface area (TPSA) is 9.23 Å². The molecule has 1 aromatic rings. The zero-order valence-electron chi connectivity index (χ0n) is 6.55. The third-order valence-electron chi connectivity index (χ3n) is 1.93. The zero-order valence-corrected chi connectivity index (χ0v) is 6.55. The monoisotopic (exact) mass is 146 g/mol. The number of ether oxygens (including phenoxy) is 1. The molecule has 56 valence electrons. The van der Waals surface area contributed by atoms with Crippen molar-refractivity contribution in [3.8, 4) is 5.75 Å². The molecule has 1 heterocycles. The van der Waals surface area contributed by atoms with Gasteiger partial charge in [0.25, 0.3) is 0 Å². The summed E-state index contributed by atoms with van der Waals surface area (Å²) in [5, 5.41) is 0. The summed E-state index contributed by atoms with van der Waals surface area (Å²) < 4.78 is 5.44. The number of benzene rings is 1. The lowest BCUT2D eigenvalue weighted by Gasteiger charge is -2.00. The average Bonchev–Trinajstić information content (AvgIpc) is 2.31. The molecule has 1 aromatic carbocycles. The fourth-order valence-electron chi connectivity index (χ4n) is 1.39. The van der Waals surface area contributed by atoms with Crippen molar-refractivity contribution in [2.24, 2.45) is 0 Å². The van der Waals surface area contributed by atoms with E-state index in [9.17, 15) is 0 Å². The Morgan fingerprint density at radius 3 is 3.00 bits per heavy atom. The van der Waals surface area contributed by atoms with Crippen LogP contribution in [-0.4, -0.2) is 0 Å². The molecule has 0 saturated carbocycles. The van der Waals surface area contributed by atoms with Crippen LogP contribution in [-0.2, 0) is 6.42 Å². The lowest BCUT2D eigenvalue weighted by molar-refractivity contribution is 0.446. The molecular formula is C10H10O. The van der Waals surface area contributed by atoms with Crippen molar-refractivity contribution in [2.45, 2.75) is 13.3 Å². The van der Waals surface area contributed by atoms with Crippen LogP contribution in [0.15, 0.2) is 30.5 Å². The van der Waals surface area contributed by atoms with Gasteiger partial charge in [-0.05, 0) is 12.5 Å². The Hall–Kier alpha value is -1.24. The summed E-state index contributed by atoms with van der Waals surface area (Å²) in [7, 11) is 0. The molecule has 0 radical (unpaired) electrons. The molecule has 0 saturated heterocycles. The van der Waals surface area contributed by atoms with Gasteiger partial charge in [0.1, 0.15) is 11.5 Å². The van der Waals surface area contributed by atoms with Crippen molar-refractivity contribution in [2.75, 3.05) is 0 Å². The predicted octanol–water partition coefficient (Wildman–Crippen LogP) is 2.44. The second-order valence-corrected chi connectivity index (χ2v) is 2.88. The summed E-state index contributed by atoms with van der Waals surface area (Å²) in [5.74, 6) is 1.87. The van der Waals surface area contributed by atoms with E-state index in [1.54, 1.807) is 0 Å². The van der Waals surface area contributed by atoms with Crippen LogP contribution in [0.1, 0.15) is 11.1 Å². The first kappa shape index (κ1) is 6.47. The number of para-hydroxylation sites is 1. The van der Waals surface area contributed by atoms with E-state index < -0.39 is 0 Å². The minimum Gasteiger partial charge on any atom is -0.461 e. The van der Waals surface area contributed by atoms with Gasteiger partial charge in [0, 0.05) is 12.0 Å². The fraction of sp³-hybridized carbons (Fsp3) is 0.200. The van der Waals surface area contributed by atoms with E-state index in [1.807, 2.05) is 0 Å². The van der Waals surface area contributed by atoms with Crippen LogP contribution in [0.5, 0.6) is 5.75 Å². The Morgan fingerprint density at radius 1 is 1.45 bits per heavy atom. The molecule has 0 aromatic heterocycles. The molecule has 1 aliphatic heterocycles. The van der Waals surface area contributed by atoms with Crippen molar-refractivity contribution in [3.63, 3.8) is 0 Å². The van der Waals surface area contributed by atoms with Crippen LogP contribution in [0.25, 0.3) is 0 Å². The van der Waals surface area contributed by atoms with Crippen LogP contribution in [0, 0.1) is 6.92 Å². The van der Waals surface area contributed by atoms with Gasteiger partial charge in [-0.2, -0.15) is 0 Å². The van der Waals surface area contributed by atoms with E-state index in [0.717, 1.165) is 17.9 Å². The minimum absolute atomic E-state index is 0.856. The highest BCUT2D eigenvalue weighted by atomic mass is 16.5. The summed E-state index contributed by atoms with van der Waals surface area (Å²) in [5.41, 5.74) is 2.45. The van der Waals surface area contributed by atoms with Gasteiger partial charge in [-0.1, -0.05) is 24.8 Å². The highest BCUT2D eigenvalue weighted by molar-refractivity contribution is 5.46. The molecule has 2 rings (SSSR count). The van der Waals surface area contributed by atoms with Gasteiger partial charge in [0.2, 0.25) is 0 Å². The van der Waals surface area contributed by atoms with E-state index in [0.29, 0.717) is 0 Å². The molecule has 0 aliphatic carbocycles. The number of allylic oxidation sites excluding steroid dienone is 1. The molecule has 0 N–H and O–H groups in total. The maximum atomic E-state index is 5.44. The van der Waals surface area contributed by atoms with Gasteiger partial charge >= 0.3 is 0 Å². The predicted molar refractivity (Wildman–Crippen MR) is 44.7 cm³/mol. The normalized spacial score (nSPS) is 14.5. The second kappa shape index (κ2) is 2.12. The van der Waals surface area contributed by atoms with Crippen LogP contribution < -0.4 is 4.74 Å². The van der Waals surface area contributed by atoms with E-state index >= 15 is 0 Å². The summed E-state index contributed by atoms with van der Waals surface area (Å²) in [4.78, 5) is 0. The first-order chi connectivity index (χ1) is 5.27. The summed E-state index contributed by atoms with van der Waals surface area (Å²) in [6, 6.07) is 6.19. The maximum absolute atomic E-state index is 5.44. The molecule has 0 unspecified atom stereocenters. The van der Waals surface area contributed by atoms with Crippen molar-refractivity contribution in [1.29, 1.82) is 0 Å². The third kappa shape index (κ3) is 0.929. The minimum atomic E-state index is 0.856. The average molecular weight is 146 g/mol. The van der Waals surface area contributed by atoms with Gasteiger partial charge in [-0.25, -0.2) is 0 Å². The second-order valence-electron chi connectivity index (χ2n) is 2.88. The molecule has 0 bridgehead atoms. The molecule has 1 nitrogen and oxygen atoms in total. The van der Waals surface area contributed by atoms with E-state index in [1.165, 1.54) is 11.1 Å². The van der Waals surface area contributed by atoms with Gasteiger partial charge in [-0.15, -0.1) is 0 Å². The molecule has 11 heavy (non-hydrogen) atoms. The molecule has 0 spiro atoms. The summed E-state index contributed by atoms with van der Waals surface area (Å²) in [6.45, 7) is 5.84. The Balaban J connectivity index is 2.57. The molecule has 0 amide bonds. The quantitative estimate of drug-likeness (QED) is 0.546. The molecule has 1 heteroatoms. The highest BCUT2D eigenvalue weighted by Crippen LogP contribution is 2.32. The summed E-state index contributed by atoms with van der Waals surface area (Å²) >= 11 is 0. The molecule has 0 atom stereocenters. The number of hydrogen-bond acceptors (Lipinski definition) is 1. The maximum Gasteiger partial charge on any atom is 0.133 e. The zero-order chi connectivity index (χ0) is 7.84. The fourth-order valence-corrected chi connectivity index (χ4v) is 1.39. The van der Waals surface area contributed by atoms with Crippen molar-refractivity contribution in [3.05, 3.63) is 41.7 Å². The van der Waals surface area contributed by atoms with Crippen LogP contribution in [0.3, 0.4) is 0 Å². The number of rotatable bonds is 0. The van der Waals surface area contributed by atoms with Crippen molar-refractivity contribution >= 4 is 0 Å². The lowest BCUT2D eigenvalue weighted by atomic mass is 10.1. The Bertz CT molecular complexity index is 313. The summed E-state index contributed by atoms with van der Waals surface area (Å²) in [6.07, 6.45) is 0.872. The molecule has 1 aliphatic rings. The number of hydrogen-bond donors (Lipinski definition) is 0. The standard InChI is InChI=1S/C10H10O/c1-7-4-3-5-9-6-8(2)11-10(7)9/h3-5H,2,6H2,1H3. The van der Waals surface area contributed by atoms with E-state index in [4.69, 9.17) is 4.74 Å². The molecule has 0 fully saturated rings. The Morgan fingerprint density at radius 2 is 2.27 bits per heavy atom. The number of fused-ring (bicyclic) bond motifs is 1. The van der Waals surface area contributed by atoms with Crippen molar-refractivity contribution < 1.29 is 4.74 Å². The molecular weight excluding hydrogens is 136 g/mol. The van der Waals surface area contributed by atoms with Crippen LogP contribution in [0.2, 0.25) is 0 Å². The largest absolute Gasteiger partial charge is 0.461 e. The third-order valence-corrected chi connectivity index (χ3v) is 1.93. The van der Waals surface area contributed by atoms with E-state index in [-0.39, 0.29) is 0 Å². The van der Waals surface area contributed by atoms with Gasteiger partial charge in [-0.3, -0.25) is 0 Å². The first-order valence-electron chi connectivity index (χ1n) is 3.71. The van der Waals surface area contributed by atoms with Gasteiger partial charge in [0.05, 0.1) is 0 Å². The van der Waals surface area contributed by atoms with Gasteiger partial charge < -0.3 is 4.74 Å². The van der Waals surface area contributed by atoms with E-state index in [2.05, 4.69) is 31.7 Å². The van der Waals surface area contributed by atoms with Crippen LogP contribution in [0.4, 0.5) is 0 Å². The SMILES string of the molecule is C=C1Cc2cccc(C)c2O1. The highest BCUT2D eigenvalue weighted by Gasteiger charge is 2.16. The Labute approximate surface area is 66.3 Å².